The summed E-state index contributed by atoms with van der Waals surface area (Å²) < 4.78 is 16.0. The lowest BCUT2D eigenvalue weighted by Crippen LogP contribution is -2.25. The van der Waals surface area contributed by atoms with Crippen molar-refractivity contribution in [3.8, 4) is 17.2 Å². The molecule has 0 saturated heterocycles. The summed E-state index contributed by atoms with van der Waals surface area (Å²) in [6.07, 6.45) is 1.47. The van der Waals surface area contributed by atoms with Crippen molar-refractivity contribution in [2.24, 2.45) is 5.10 Å². The molecule has 0 bridgehead atoms. The number of halogens is 1. The van der Waals surface area contributed by atoms with E-state index in [4.69, 9.17) is 25.8 Å². The van der Waals surface area contributed by atoms with Crippen molar-refractivity contribution in [2.75, 3.05) is 38.0 Å². The van der Waals surface area contributed by atoms with Gasteiger partial charge in [0, 0.05) is 5.69 Å². The van der Waals surface area contributed by atoms with Gasteiger partial charge in [0.05, 0.1) is 37.7 Å². The smallest absolute Gasteiger partial charge is 0.262 e. The maximum Gasteiger partial charge on any atom is 0.262 e. The fourth-order valence-electron chi connectivity index (χ4n) is 2.89. The molecule has 0 aliphatic heterocycles. The molecule has 0 saturated carbocycles. The van der Waals surface area contributed by atoms with E-state index in [9.17, 15) is 9.59 Å². The van der Waals surface area contributed by atoms with Crippen LogP contribution < -0.4 is 30.3 Å². The number of para-hydroxylation sites is 1. The highest BCUT2D eigenvalue weighted by molar-refractivity contribution is 6.33. The number of hydrogen-bond acceptors (Lipinski definition) is 7. The molecule has 0 aliphatic rings. The van der Waals surface area contributed by atoms with Crippen molar-refractivity contribution in [1.82, 2.24) is 5.43 Å². The van der Waals surface area contributed by atoms with E-state index in [0.29, 0.717) is 27.8 Å². The van der Waals surface area contributed by atoms with Crippen LogP contribution in [0.15, 0.2) is 71.8 Å². The molecule has 3 aromatic carbocycles. The van der Waals surface area contributed by atoms with Crippen LogP contribution in [-0.2, 0) is 9.59 Å². The first kappa shape index (κ1) is 25.4. The molecule has 0 aliphatic carbocycles. The number of carbonyl (C=O) groups is 2. The van der Waals surface area contributed by atoms with Gasteiger partial charge in [0.25, 0.3) is 11.8 Å². The van der Waals surface area contributed by atoms with E-state index < -0.39 is 0 Å². The van der Waals surface area contributed by atoms with E-state index in [1.807, 2.05) is 12.1 Å². The molecule has 0 aromatic heterocycles. The number of nitrogens with one attached hydrogen (secondary N) is 3. The number of methoxy groups -OCH3 is 2. The minimum absolute atomic E-state index is 0.0516. The number of amides is 2. The first-order chi connectivity index (χ1) is 17.0. The highest BCUT2D eigenvalue weighted by atomic mass is 35.5. The molecule has 182 valence electrons. The average molecular weight is 497 g/mol. The molecule has 9 nitrogen and oxygen atoms in total. The van der Waals surface area contributed by atoms with Crippen LogP contribution in [0.1, 0.15) is 5.56 Å². The topological polar surface area (TPSA) is 110 Å². The van der Waals surface area contributed by atoms with Gasteiger partial charge in [0.1, 0.15) is 5.75 Å². The third-order valence-electron chi connectivity index (χ3n) is 4.64. The molecule has 0 radical (unpaired) electrons. The van der Waals surface area contributed by atoms with Crippen LogP contribution in [0.4, 0.5) is 11.4 Å². The maximum atomic E-state index is 12.2. The summed E-state index contributed by atoms with van der Waals surface area (Å²) in [6.45, 7) is -0.178. The zero-order chi connectivity index (χ0) is 25.0. The number of ether oxygens (including phenoxy) is 3. The Morgan fingerprint density at radius 1 is 0.943 bits per heavy atom. The van der Waals surface area contributed by atoms with Crippen LogP contribution in [0.5, 0.6) is 17.2 Å². The Hall–Kier alpha value is -4.24. The van der Waals surface area contributed by atoms with Crippen molar-refractivity contribution in [1.29, 1.82) is 0 Å². The van der Waals surface area contributed by atoms with Gasteiger partial charge in [-0.2, -0.15) is 5.10 Å². The number of rotatable bonds is 11. The Bertz CT molecular complexity index is 1180. The Labute approximate surface area is 208 Å². The molecule has 3 rings (SSSR count). The lowest BCUT2D eigenvalue weighted by molar-refractivity contribution is -0.119. The highest BCUT2D eigenvalue weighted by Gasteiger charge is 2.10. The number of hydrogen-bond donors (Lipinski definition) is 3. The van der Waals surface area contributed by atoms with Crippen molar-refractivity contribution < 1.29 is 23.8 Å². The van der Waals surface area contributed by atoms with Gasteiger partial charge in [-0.25, -0.2) is 5.43 Å². The van der Waals surface area contributed by atoms with E-state index in [0.717, 1.165) is 11.4 Å². The monoisotopic (exact) mass is 496 g/mol. The Morgan fingerprint density at radius 2 is 1.71 bits per heavy atom. The maximum absolute atomic E-state index is 12.2. The lowest BCUT2D eigenvalue weighted by atomic mass is 10.2. The summed E-state index contributed by atoms with van der Waals surface area (Å²) >= 11 is 6.05. The molecule has 3 N–H and O–H groups in total. The van der Waals surface area contributed by atoms with Crippen LogP contribution in [0, 0.1) is 0 Å². The van der Waals surface area contributed by atoms with Crippen LogP contribution in [-0.4, -0.2) is 45.4 Å². The summed E-state index contributed by atoms with van der Waals surface area (Å²) in [4.78, 5) is 24.2. The van der Waals surface area contributed by atoms with Crippen LogP contribution in [0.25, 0.3) is 0 Å². The Kier molecular flexibility index (Phi) is 9.32. The lowest BCUT2D eigenvalue weighted by Gasteiger charge is -2.12. The minimum atomic E-state index is -0.364. The Morgan fingerprint density at radius 3 is 2.43 bits per heavy atom. The van der Waals surface area contributed by atoms with Gasteiger partial charge >= 0.3 is 0 Å². The van der Waals surface area contributed by atoms with Gasteiger partial charge in [0.2, 0.25) is 0 Å². The van der Waals surface area contributed by atoms with Gasteiger partial charge in [-0.05, 0) is 60.2 Å². The minimum Gasteiger partial charge on any atom is -0.497 e. The van der Waals surface area contributed by atoms with Gasteiger partial charge in [-0.3, -0.25) is 9.59 Å². The predicted molar refractivity (Wildman–Crippen MR) is 136 cm³/mol. The van der Waals surface area contributed by atoms with Gasteiger partial charge in [0.15, 0.2) is 18.1 Å². The second-order valence-electron chi connectivity index (χ2n) is 7.10. The normalized spacial score (nSPS) is 10.5. The number of benzene rings is 3. The summed E-state index contributed by atoms with van der Waals surface area (Å²) in [7, 11) is 3.08. The van der Waals surface area contributed by atoms with Crippen molar-refractivity contribution in [3.63, 3.8) is 0 Å². The SMILES string of the molecule is COc1ccc(NCC(=O)N/N=C/c2ccc(OCC(=O)Nc3ccccc3Cl)c(OC)c2)cc1. The molecule has 2 amide bonds. The Balaban J connectivity index is 1.48. The fourth-order valence-corrected chi connectivity index (χ4v) is 3.07. The first-order valence-corrected chi connectivity index (χ1v) is 10.9. The van der Waals surface area contributed by atoms with E-state index in [1.54, 1.807) is 61.7 Å². The zero-order valence-corrected chi connectivity index (χ0v) is 20.0. The van der Waals surface area contributed by atoms with Crippen molar-refractivity contribution in [2.45, 2.75) is 0 Å². The van der Waals surface area contributed by atoms with E-state index in [-0.39, 0.29) is 25.0 Å². The second-order valence-corrected chi connectivity index (χ2v) is 7.51. The third kappa shape index (κ3) is 7.94. The number of carbonyl (C=O) groups excluding carboxylic acids is 2. The third-order valence-corrected chi connectivity index (χ3v) is 4.97. The van der Waals surface area contributed by atoms with Crippen LogP contribution >= 0.6 is 11.6 Å². The van der Waals surface area contributed by atoms with Gasteiger partial charge in [-0.1, -0.05) is 23.7 Å². The number of nitrogens with zero attached hydrogens (tertiary/aromatic N) is 1. The second kappa shape index (κ2) is 12.9. The van der Waals surface area contributed by atoms with Crippen LogP contribution in [0.2, 0.25) is 5.02 Å². The fraction of sp³-hybridized carbons (Fsp3) is 0.160. The van der Waals surface area contributed by atoms with E-state index >= 15 is 0 Å². The molecule has 35 heavy (non-hydrogen) atoms. The molecule has 0 atom stereocenters. The molecule has 0 heterocycles. The highest BCUT2D eigenvalue weighted by Crippen LogP contribution is 2.28. The predicted octanol–water partition coefficient (Wildman–Crippen LogP) is 3.94. The largest absolute Gasteiger partial charge is 0.497 e. The molecular formula is C25H25ClN4O5. The molecule has 10 heteroatoms. The average Bonchev–Trinajstić information content (AvgIpc) is 2.88. The van der Waals surface area contributed by atoms with E-state index in [2.05, 4.69) is 21.2 Å². The molecule has 0 fully saturated rings. The number of anilines is 2. The van der Waals surface area contributed by atoms with Crippen molar-refractivity contribution in [3.05, 3.63) is 77.3 Å². The van der Waals surface area contributed by atoms with Gasteiger partial charge in [-0.15, -0.1) is 0 Å². The standard InChI is InChI=1S/C25H25ClN4O5/c1-33-19-10-8-18(9-11-19)27-15-24(31)30-28-14-17-7-12-22(23(13-17)34-2)35-16-25(32)29-21-6-4-3-5-20(21)26/h3-14,27H,15-16H2,1-2H3,(H,29,32)(H,30,31)/b28-14+. The van der Waals surface area contributed by atoms with E-state index in [1.165, 1.54) is 13.3 Å². The van der Waals surface area contributed by atoms with Crippen molar-refractivity contribution >= 4 is 41.0 Å². The molecule has 0 unspecified atom stereocenters. The molecule has 0 spiro atoms. The van der Waals surface area contributed by atoms with Crippen LogP contribution in [0.3, 0.4) is 0 Å². The molecule has 3 aromatic rings. The summed E-state index contributed by atoms with van der Waals surface area (Å²) in [5.74, 6) is 0.848. The number of hydrazone groups is 1. The molecular weight excluding hydrogens is 472 g/mol. The quantitative estimate of drug-likeness (QED) is 0.274. The summed E-state index contributed by atoms with van der Waals surface area (Å²) in [5.41, 5.74) is 4.40. The van der Waals surface area contributed by atoms with Gasteiger partial charge < -0.3 is 24.8 Å². The summed E-state index contributed by atoms with van der Waals surface area (Å²) in [5, 5.41) is 10.1. The summed E-state index contributed by atoms with van der Waals surface area (Å²) in [6, 6.07) is 19.2. The first-order valence-electron chi connectivity index (χ1n) is 10.5. The zero-order valence-electron chi connectivity index (χ0n) is 19.2.